The first-order chi connectivity index (χ1) is 10.5. The third-order valence-electron chi connectivity index (χ3n) is 3.41. The lowest BCUT2D eigenvalue weighted by Gasteiger charge is -2.31. The molecule has 2 aromatic carbocycles. The zero-order chi connectivity index (χ0) is 16.0. The normalized spacial score (nSPS) is 13.4. The maximum Gasteiger partial charge on any atom is 0.236 e. The van der Waals surface area contributed by atoms with Crippen molar-refractivity contribution in [2.24, 2.45) is 0 Å². The quantitative estimate of drug-likeness (QED) is 0.833. The van der Waals surface area contributed by atoms with Crippen molar-refractivity contribution in [3.8, 4) is 11.8 Å². The first-order valence-corrected chi connectivity index (χ1v) is 7.16. The maximum atomic E-state index is 11.0. The van der Waals surface area contributed by atoms with E-state index in [0.29, 0.717) is 29.8 Å². The second-order valence-corrected chi connectivity index (χ2v) is 5.41. The molecular formula is C18H20N2O2. The Morgan fingerprint density at radius 2 is 1.73 bits per heavy atom. The van der Waals surface area contributed by atoms with Crippen LogP contribution < -0.4 is 4.74 Å². The molecule has 0 aromatic heterocycles. The molecule has 4 nitrogen and oxygen atoms in total. The monoisotopic (exact) mass is 296 g/mol. The molecule has 0 aliphatic carbocycles. The Bertz CT molecular complexity index is 650. The fourth-order valence-corrected chi connectivity index (χ4v) is 2.16. The van der Waals surface area contributed by atoms with Gasteiger partial charge in [0, 0.05) is 18.5 Å². The summed E-state index contributed by atoms with van der Waals surface area (Å²) < 4.78 is 5.87. The van der Waals surface area contributed by atoms with Gasteiger partial charge in [0.15, 0.2) is 0 Å². The van der Waals surface area contributed by atoms with Crippen LogP contribution in [-0.2, 0) is 5.79 Å². The van der Waals surface area contributed by atoms with E-state index in [1.807, 2.05) is 49.3 Å². The molecule has 0 aliphatic rings. The van der Waals surface area contributed by atoms with Gasteiger partial charge in [-0.3, -0.25) is 0 Å². The number of nitrogens with zero attached hydrogens (tertiary/aromatic N) is 2. The van der Waals surface area contributed by atoms with Gasteiger partial charge in [-0.1, -0.05) is 42.5 Å². The molecule has 0 saturated heterocycles. The molecule has 0 heterocycles. The van der Waals surface area contributed by atoms with Crippen LogP contribution in [0.3, 0.4) is 0 Å². The van der Waals surface area contributed by atoms with Crippen LogP contribution in [0.4, 0.5) is 0 Å². The Labute approximate surface area is 131 Å². The van der Waals surface area contributed by atoms with E-state index in [1.165, 1.54) is 0 Å². The average Bonchev–Trinajstić information content (AvgIpc) is 2.54. The van der Waals surface area contributed by atoms with Gasteiger partial charge in [-0.25, -0.2) is 0 Å². The molecular weight excluding hydrogens is 276 g/mol. The summed E-state index contributed by atoms with van der Waals surface area (Å²) in [5.74, 6) is -1.09. The lowest BCUT2D eigenvalue weighted by Crippen LogP contribution is -2.36. The highest BCUT2D eigenvalue weighted by Crippen LogP contribution is 2.31. The Hall–Kier alpha value is -2.35. The van der Waals surface area contributed by atoms with Crippen LogP contribution in [0.5, 0.6) is 5.75 Å². The SMILES string of the molecule is CN(C)CC[C@@](O)(Oc1ccccc1C#N)c1ccccc1. The van der Waals surface area contributed by atoms with Gasteiger partial charge in [0.1, 0.15) is 11.8 Å². The fourth-order valence-electron chi connectivity index (χ4n) is 2.16. The van der Waals surface area contributed by atoms with Crippen molar-refractivity contribution in [3.05, 3.63) is 65.7 Å². The van der Waals surface area contributed by atoms with Gasteiger partial charge in [0.05, 0.1) is 5.56 Å². The number of benzene rings is 2. The molecule has 2 aromatic rings. The van der Waals surface area contributed by atoms with Gasteiger partial charge in [0.25, 0.3) is 0 Å². The summed E-state index contributed by atoms with van der Waals surface area (Å²) in [7, 11) is 3.88. The second-order valence-electron chi connectivity index (χ2n) is 5.41. The van der Waals surface area contributed by atoms with Crippen LogP contribution >= 0.6 is 0 Å². The number of nitriles is 1. The Morgan fingerprint density at radius 3 is 2.36 bits per heavy atom. The van der Waals surface area contributed by atoms with Crippen LogP contribution in [0.25, 0.3) is 0 Å². The number of hydrogen-bond acceptors (Lipinski definition) is 4. The third kappa shape index (κ3) is 3.85. The van der Waals surface area contributed by atoms with Crippen LogP contribution in [0.1, 0.15) is 17.5 Å². The van der Waals surface area contributed by atoms with Crippen molar-refractivity contribution >= 4 is 0 Å². The van der Waals surface area contributed by atoms with Crippen LogP contribution in [-0.4, -0.2) is 30.6 Å². The molecule has 0 aliphatic heterocycles. The highest BCUT2D eigenvalue weighted by atomic mass is 16.6. The molecule has 114 valence electrons. The lowest BCUT2D eigenvalue weighted by atomic mass is 10.0. The molecule has 0 spiro atoms. The van der Waals surface area contributed by atoms with Crippen LogP contribution in [0.2, 0.25) is 0 Å². The molecule has 0 bridgehead atoms. The minimum absolute atomic E-state index is 0.384. The number of para-hydroxylation sites is 1. The van der Waals surface area contributed by atoms with E-state index >= 15 is 0 Å². The molecule has 0 saturated carbocycles. The second kappa shape index (κ2) is 7.08. The first kappa shape index (κ1) is 16.0. The molecule has 0 fully saturated rings. The number of ether oxygens (including phenoxy) is 1. The standard InChI is InChI=1S/C18H20N2O2/c1-20(2)13-12-18(21,16-9-4-3-5-10-16)22-17-11-7-6-8-15(17)14-19/h3-11,21H,12-13H2,1-2H3/t18-/m1/s1. The molecule has 4 heteroatoms. The summed E-state index contributed by atoms with van der Waals surface area (Å²) in [4.78, 5) is 1.98. The van der Waals surface area contributed by atoms with E-state index in [2.05, 4.69) is 6.07 Å². The van der Waals surface area contributed by atoms with Gasteiger partial charge in [0.2, 0.25) is 5.79 Å². The number of aliphatic hydroxyl groups is 1. The topological polar surface area (TPSA) is 56.5 Å². The molecule has 1 N–H and O–H groups in total. The lowest BCUT2D eigenvalue weighted by molar-refractivity contribution is -0.153. The van der Waals surface area contributed by atoms with Gasteiger partial charge >= 0.3 is 0 Å². The minimum Gasteiger partial charge on any atom is -0.457 e. The Kier molecular flexibility index (Phi) is 5.16. The highest BCUT2D eigenvalue weighted by Gasteiger charge is 2.32. The molecule has 0 amide bonds. The Morgan fingerprint density at radius 1 is 1.09 bits per heavy atom. The largest absolute Gasteiger partial charge is 0.457 e. The van der Waals surface area contributed by atoms with Crippen molar-refractivity contribution < 1.29 is 9.84 Å². The smallest absolute Gasteiger partial charge is 0.236 e. The third-order valence-corrected chi connectivity index (χ3v) is 3.41. The van der Waals surface area contributed by atoms with Crippen LogP contribution in [0.15, 0.2) is 54.6 Å². The van der Waals surface area contributed by atoms with Crippen molar-refractivity contribution in [1.82, 2.24) is 4.90 Å². The van der Waals surface area contributed by atoms with E-state index in [-0.39, 0.29) is 0 Å². The van der Waals surface area contributed by atoms with Crippen molar-refractivity contribution in [2.75, 3.05) is 20.6 Å². The van der Waals surface area contributed by atoms with E-state index in [4.69, 9.17) is 4.74 Å². The Balaban J connectivity index is 2.35. The van der Waals surface area contributed by atoms with E-state index < -0.39 is 5.79 Å². The summed E-state index contributed by atoms with van der Waals surface area (Å²) in [5.41, 5.74) is 1.08. The fraction of sp³-hybridized carbons (Fsp3) is 0.278. The first-order valence-electron chi connectivity index (χ1n) is 7.16. The summed E-state index contributed by atoms with van der Waals surface area (Å²) in [6.45, 7) is 0.653. The molecule has 2 rings (SSSR count). The average molecular weight is 296 g/mol. The predicted molar refractivity (Wildman–Crippen MR) is 85.3 cm³/mol. The van der Waals surface area contributed by atoms with Crippen molar-refractivity contribution in [3.63, 3.8) is 0 Å². The van der Waals surface area contributed by atoms with E-state index in [0.717, 1.165) is 0 Å². The summed E-state index contributed by atoms with van der Waals surface area (Å²) in [5, 5.41) is 20.2. The van der Waals surface area contributed by atoms with Gasteiger partial charge in [-0.05, 0) is 26.2 Å². The molecule has 1 atom stereocenters. The van der Waals surface area contributed by atoms with Crippen molar-refractivity contribution in [1.29, 1.82) is 5.26 Å². The highest BCUT2D eigenvalue weighted by molar-refractivity contribution is 5.43. The van der Waals surface area contributed by atoms with Gasteiger partial charge in [-0.15, -0.1) is 0 Å². The zero-order valence-electron chi connectivity index (χ0n) is 12.9. The molecule has 0 unspecified atom stereocenters. The van der Waals surface area contributed by atoms with E-state index in [1.54, 1.807) is 24.3 Å². The van der Waals surface area contributed by atoms with Crippen LogP contribution in [0, 0.1) is 11.3 Å². The number of hydrogen-bond donors (Lipinski definition) is 1. The zero-order valence-corrected chi connectivity index (χ0v) is 12.9. The summed E-state index contributed by atoms with van der Waals surface area (Å²) in [6, 6.07) is 18.3. The molecule has 0 radical (unpaired) electrons. The molecule has 22 heavy (non-hydrogen) atoms. The minimum atomic E-state index is -1.47. The number of rotatable bonds is 6. The van der Waals surface area contributed by atoms with E-state index in [9.17, 15) is 10.4 Å². The van der Waals surface area contributed by atoms with Gasteiger partial charge < -0.3 is 14.7 Å². The van der Waals surface area contributed by atoms with Crippen molar-refractivity contribution in [2.45, 2.75) is 12.2 Å². The maximum absolute atomic E-state index is 11.0. The predicted octanol–water partition coefficient (Wildman–Crippen LogP) is 2.73. The summed E-state index contributed by atoms with van der Waals surface area (Å²) in [6.07, 6.45) is 0.393. The summed E-state index contributed by atoms with van der Waals surface area (Å²) >= 11 is 0. The van der Waals surface area contributed by atoms with Gasteiger partial charge in [-0.2, -0.15) is 5.26 Å².